The lowest BCUT2D eigenvalue weighted by atomic mass is 9.98. The summed E-state index contributed by atoms with van der Waals surface area (Å²) in [6.07, 6.45) is 12.0. The highest BCUT2D eigenvalue weighted by atomic mass is 15.2. The highest BCUT2D eigenvalue weighted by Gasteiger charge is 2.17. The number of hydrogen-bond acceptors (Lipinski definition) is 6. The Labute approximate surface area is 180 Å². The molecule has 0 radical (unpaired) electrons. The first-order valence-electron chi connectivity index (χ1n) is 10.4. The minimum absolute atomic E-state index is 0.116. The largest absolute Gasteiger partial charge is 0.275 e. The zero-order valence-corrected chi connectivity index (χ0v) is 17.6. The lowest BCUT2D eigenvalue weighted by Gasteiger charge is -2.10. The van der Waals surface area contributed by atoms with Crippen molar-refractivity contribution in [3.63, 3.8) is 0 Å². The van der Waals surface area contributed by atoms with E-state index in [4.69, 9.17) is 0 Å². The molecular weight excluding hydrogens is 386 g/mol. The average Bonchev–Trinajstić information content (AvgIpc) is 3.12. The van der Waals surface area contributed by atoms with Crippen LogP contribution < -0.4 is 0 Å². The number of fused-ring (bicyclic) bond motifs is 1. The van der Waals surface area contributed by atoms with Crippen molar-refractivity contribution in [1.29, 1.82) is 0 Å². The van der Waals surface area contributed by atoms with E-state index in [-0.39, 0.29) is 6.04 Å². The molecule has 0 aliphatic carbocycles. The van der Waals surface area contributed by atoms with Crippen LogP contribution in [0.15, 0.2) is 71.5 Å². The lowest BCUT2D eigenvalue weighted by molar-refractivity contribution is 0.600. The summed E-state index contributed by atoms with van der Waals surface area (Å²) in [4.78, 5) is 13.4. The van der Waals surface area contributed by atoms with E-state index in [2.05, 4.69) is 54.5 Å². The fraction of sp³-hybridized carbons (Fsp3) is 0.250. The first-order chi connectivity index (χ1) is 15.1. The van der Waals surface area contributed by atoms with Crippen LogP contribution >= 0.6 is 0 Å². The molecule has 154 valence electrons. The Bertz CT molecular complexity index is 1240. The maximum Gasteiger partial charge on any atom is 0.177 e. The summed E-state index contributed by atoms with van der Waals surface area (Å²) in [6, 6.07) is 10.7. The van der Waals surface area contributed by atoms with E-state index in [9.17, 15) is 0 Å². The van der Waals surface area contributed by atoms with E-state index in [1.807, 2.05) is 51.0 Å². The van der Waals surface area contributed by atoms with Crippen LogP contribution in [0, 0.1) is 6.92 Å². The highest BCUT2D eigenvalue weighted by molar-refractivity contribution is 5.63. The van der Waals surface area contributed by atoms with Gasteiger partial charge in [-0.25, -0.2) is 15.0 Å². The first kappa shape index (κ1) is 19.2. The van der Waals surface area contributed by atoms with Crippen LogP contribution in [0.2, 0.25) is 0 Å². The second-order valence-electron chi connectivity index (χ2n) is 8.01. The molecule has 4 heterocycles. The van der Waals surface area contributed by atoms with Gasteiger partial charge >= 0.3 is 0 Å². The van der Waals surface area contributed by atoms with Gasteiger partial charge in [-0.2, -0.15) is 10.2 Å². The molecule has 7 nitrogen and oxygen atoms in total. The standard InChI is InChI=1S/C24H23N7/c1-16-11-25-23(26-12-16)18-5-3-4-17(8-18)9-22-7-6-19-10-20(13-27-24(19)30-29-22)21-14-28-31(2)15-21/h3-5,8,10-15,22H,6-7,9H2,1-2H3. The van der Waals surface area contributed by atoms with E-state index in [0.29, 0.717) is 0 Å². The van der Waals surface area contributed by atoms with Gasteiger partial charge in [-0.05, 0) is 55.0 Å². The number of hydrogen-bond donors (Lipinski definition) is 0. The SMILES string of the molecule is Cc1cnc(-c2cccc(CC3CCc4cc(-c5cnn(C)c5)cnc4N=N3)c2)nc1. The zero-order chi connectivity index (χ0) is 21.2. The van der Waals surface area contributed by atoms with E-state index in [0.717, 1.165) is 58.7 Å². The van der Waals surface area contributed by atoms with Crippen molar-refractivity contribution in [2.45, 2.75) is 32.2 Å². The number of nitrogens with zero attached hydrogens (tertiary/aromatic N) is 7. The predicted octanol–water partition coefficient (Wildman–Crippen LogP) is 4.89. The van der Waals surface area contributed by atoms with Gasteiger partial charge in [0.05, 0.1) is 12.2 Å². The number of aromatic nitrogens is 5. The molecule has 4 aromatic rings. The third-order valence-electron chi connectivity index (χ3n) is 5.48. The lowest BCUT2D eigenvalue weighted by Crippen LogP contribution is -2.08. The Morgan fingerprint density at radius 1 is 0.968 bits per heavy atom. The molecule has 0 saturated carbocycles. The molecule has 0 amide bonds. The van der Waals surface area contributed by atoms with Crippen molar-refractivity contribution in [1.82, 2.24) is 24.7 Å². The van der Waals surface area contributed by atoms with Gasteiger partial charge in [-0.15, -0.1) is 5.11 Å². The molecule has 1 aromatic carbocycles. The summed E-state index contributed by atoms with van der Waals surface area (Å²) < 4.78 is 1.80. The first-order valence-corrected chi connectivity index (χ1v) is 10.4. The molecule has 1 unspecified atom stereocenters. The van der Waals surface area contributed by atoms with Crippen LogP contribution in [0.4, 0.5) is 5.82 Å². The molecule has 0 bridgehead atoms. The third kappa shape index (κ3) is 4.26. The molecule has 0 saturated heterocycles. The van der Waals surface area contributed by atoms with Crippen molar-refractivity contribution in [2.75, 3.05) is 0 Å². The van der Waals surface area contributed by atoms with Crippen LogP contribution in [0.5, 0.6) is 0 Å². The summed E-state index contributed by atoms with van der Waals surface area (Å²) in [5.41, 5.74) is 6.54. The fourth-order valence-electron chi connectivity index (χ4n) is 3.82. The van der Waals surface area contributed by atoms with Crippen molar-refractivity contribution in [2.24, 2.45) is 17.3 Å². The monoisotopic (exact) mass is 409 g/mol. The summed E-state index contributed by atoms with van der Waals surface area (Å²) in [6.45, 7) is 1.99. The molecule has 1 atom stereocenters. The van der Waals surface area contributed by atoms with E-state index < -0.39 is 0 Å². The summed E-state index contributed by atoms with van der Waals surface area (Å²) in [5.74, 6) is 1.46. The second kappa shape index (κ2) is 8.18. The number of benzene rings is 1. The van der Waals surface area contributed by atoms with Crippen LogP contribution in [0.3, 0.4) is 0 Å². The van der Waals surface area contributed by atoms with E-state index >= 15 is 0 Å². The van der Waals surface area contributed by atoms with Crippen LogP contribution in [0.25, 0.3) is 22.5 Å². The molecular formula is C24H23N7. The van der Waals surface area contributed by atoms with Crippen molar-refractivity contribution < 1.29 is 0 Å². The van der Waals surface area contributed by atoms with Crippen molar-refractivity contribution >= 4 is 5.82 Å². The van der Waals surface area contributed by atoms with Crippen LogP contribution in [0.1, 0.15) is 23.1 Å². The molecule has 0 spiro atoms. The Morgan fingerprint density at radius 2 is 1.84 bits per heavy atom. The molecule has 1 aliphatic rings. The Balaban J connectivity index is 1.32. The van der Waals surface area contributed by atoms with Gasteiger partial charge in [-0.3, -0.25) is 4.68 Å². The Kier molecular flexibility index (Phi) is 5.08. The smallest absolute Gasteiger partial charge is 0.177 e. The third-order valence-corrected chi connectivity index (χ3v) is 5.48. The zero-order valence-electron chi connectivity index (χ0n) is 17.6. The minimum atomic E-state index is 0.116. The summed E-state index contributed by atoms with van der Waals surface area (Å²) >= 11 is 0. The van der Waals surface area contributed by atoms with E-state index in [1.54, 1.807) is 4.68 Å². The Morgan fingerprint density at radius 3 is 2.65 bits per heavy atom. The van der Waals surface area contributed by atoms with Gasteiger partial charge < -0.3 is 0 Å². The topological polar surface area (TPSA) is 81.2 Å². The van der Waals surface area contributed by atoms with Gasteiger partial charge in [0.2, 0.25) is 0 Å². The molecule has 0 fully saturated rings. The number of rotatable bonds is 4. The van der Waals surface area contributed by atoms with Gasteiger partial charge in [0.25, 0.3) is 0 Å². The molecule has 7 heteroatoms. The van der Waals surface area contributed by atoms with Crippen molar-refractivity contribution in [3.8, 4) is 22.5 Å². The molecule has 1 aliphatic heterocycles. The highest BCUT2D eigenvalue weighted by Crippen LogP contribution is 2.29. The molecule has 5 rings (SSSR count). The second-order valence-corrected chi connectivity index (χ2v) is 8.01. The van der Waals surface area contributed by atoms with Crippen LogP contribution in [-0.2, 0) is 19.9 Å². The van der Waals surface area contributed by atoms with Crippen LogP contribution in [-0.4, -0.2) is 30.8 Å². The predicted molar refractivity (Wildman–Crippen MR) is 119 cm³/mol. The molecule has 3 aromatic heterocycles. The van der Waals surface area contributed by atoms with Gasteiger partial charge in [-0.1, -0.05) is 18.2 Å². The van der Waals surface area contributed by atoms with Crippen molar-refractivity contribution in [3.05, 3.63) is 78.0 Å². The molecule has 31 heavy (non-hydrogen) atoms. The average molecular weight is 409 g/mol. The van der Waals surface area contributed by atoms with Gasteiger partial charge in [0.1, 0.15) is 0 Å². The van der Waals surface area contributed by atoms with Gasteiger partial charge in [0, 0.05) is 48.5 Å². The number of pyridine rings is 1. The quantitative estimate of drug-likeness (QED) is 0.481. The fourth-order valence-corrected chi connectivity index (χ4v) is 3.82. The molecule has 0 N–H and O–H groups in total. The number of azo groups is 1. The maximum absolute atomic E-state index is 4.60. The maximum atomic E-state index is 4.60. The van der Waals surface area contributed by atoms with Gasteiger partial charge in [0.15, 0.2) is 11.6 Å². The summed E-state index contributed by atoms with van der Waals surface area (Å²) in [7, 11) is 1.92. The minimum Gasteiger partial charge on any atom is -0.275 e. The number of aryl methyl sites for hydroxylation is 3. The van der Waals surface area contributed by atoms with E-state index in [1.165, 1.54) is 5.56 Å². The Hall–Kier alpha value is -3.74. The normalized spacial score (nSPS) is 15.5. The summed E-state index contributed by atoms with van der Waals surface area (Å²) in [5, 5.41) is 13.3.